The number of hydrogen-bond acceptors (Lipinski definition) is 5. The second-order valence-electron chi connectivity index (χ2n) is 11.6. The largest absolute Gasteiger partial charge is 0.481 e. The van der Waals surface area contributed by atoms with Crippen LogP contribution < -0.4 is 10.6 Å². The quantitative estimate of drug-likeness (QED) is 0.563. The molecule has 1 aromatic rings. The van der Waals surface area contributed by atoms with Crippen LogP contribution in [-0.4, -0.2) is 48.9 Å². The van der Waals surface area contributed by atoms with Crippen molar-refractivity contribution < 1.29 is 23.6 Å². The second kappa shape index (κ2) is 10.3. The summed E-state index contributed by atoms with van der Waals surface area (Å²) in [5, 5.41) is 5.94. The maximum atomic E-state index is 13.5. The van der Waals surface area contributed by atoms with E-state index in [1.165, 1.54) is 12.8 Å². The van der Waals surface area contributed by atoms with Crippen LogP contribution >= 0.6 is 0 Å². The molecule has 1 saturated heterocycles. The fourth-order valence-electron chi connectivity index (χ4n) is 5.43. The van der Waals surface area contributed by atoms with Gasteiger partial charge >= 0.3 is 13.2 Å². The average Bonchev–Trinajstić information content (AvgIpc) is 3.16. The molecule has 0 radical (unpaired) electrons. The molecule has 5 rings (SSSR count). The first-order chi connectivity index (χ1) is 16.1. The number of rotatable bonds is 8. The van der Waals surface area contributed by atoms with E-state index >= 15 is 0 Å². The Hall–Kier alpha value is -2.06. The van der Waals surface area contributed by atoms with Crippen molar-refractivity contribution in [3.05, 3.63) is 35.9 Å². The molecular formula is C26H39BN2O5. The summed E-state index contributed by atoms with van der Waals surface area (Å²) in [6, 6.07) is 8.89. The molecule has 2 bridgehead atoms. The van der Waals surface area contributed by atoms with Gasteiger partial charge in [0.05, 0.1) is 18.1 Å². The van der Waals surface area contributed by atoms with Gasteiger partial charge in [-0.3, -0.25) is 4.79 Å². The third-order valence-corrected chi connectivity index (χ3v) is 6.94. The first-order valence-corrected chi connectivity index (χ1v) is 12.7. The van der Waals surface area contributed by atoms with Gasteiger partial charge in [0.2, 0.25) is 5.91 Å². The van der Waals surface area contributed by atoms with Crippen molar-refractivity contribution in [3.8, 4) is 0 Å². The number of carbonyl (C=O) groups is 2. The van der Waals surface area contributed by atoms with Gasteiger partial charge in [-0.15, -0.1) is 0 Å². The Bertz CT molecular complexity index is 852. The van der Waals surface area contributed by atoms with E-state index in [1.807, 2.05) is 30.3 Å². The highest BCUT2D eigenvalue weighted by Crippen LogP contribution is 2.50. The first-order valence-electron chi connectivity index (χ1n) is 12.7. The number of nitrogens with one attached hydrogen (secondary N) is 2. The fourth-order valence-corrected chi connectivity index (χ4v) is 5.43. The van der Waals surface area contributed by atoms with Gasteiger partial charge in [0, 0.05) is 6.42 Å². The molecule has 2 N–H and O–H groups in total. The summed E-state index contributed by atoms with van der Waals surface area (Å²) in [5.74, 6) is 1.16. The molecule has 0 spiro atoms. The van der Waals surface area contributed by atoms with Gasteiger partial charge in [-0.2, -0.15) is 0 Å². The standard InChI is InChI=1S/C26H39BN2O5/c1-16(2)11-22(27-33-21-15-18-12-19(13-18)23(21)34-27)29-24(30)20(14-17-9-7-6-8-10-17)28-25(31)32-26(3,4)5/h6-10,16,18-23H,11-15H2,1-5H3,(H,28,31)(H,29,30)/t18?,19?,20-,21?,22-,23-/m0/s1. The third-order valence-electron chi connectivity index (χ3n) is 6.94. The first kappa shape index (κ1) is 25.1. The molecule has 4 atom stereocenters. The maximum Gasteiger partial charge on any atom is 0.481 e. The number of ether oxygens (including phenoxy) is 1. The topological polar surface area (TPSA) is 85.9 Å². The van der Waals surface area contributed by atoms with Crippen LogP contribution in [0.1, 0.15) is 65.9 Å². The molecule has 3 saturated carbocycles. The summed E-state index contributed by atoms with van der Waals surface area (Å²) in [7, 11) is -0.459. The molecule has 7 nitrogen and oxygen atoms in total. The summed E-state index contributed by atoms with van der Waals surface area (Å²) in [5.41, 5.74) is 0.304. The maximum absolute atomic E-state index is 13.5. The van der Waals surface area contributed by atoms with Gasteiger partial charge in [0.15, 0.2) is 0 Å². The van der Waals surface area contributed by atoms with Crippen molar-refractivity contribution in [2.45, 2.75) is 96.5 Å². The van der Waals surface area contributed by atoms with E-state index in [-0.39, 0.29) is 24.1 Å². The van der Waals surface area contributed by atoms with Crippen LogP contribution in [0.5, 0.6) is 0 Å². The van der Waals surface area contributed by atoms with Crippen LogP contribution in [0.15, 0.2) is 30.3 Å². The Morgan fingerprint density at radius 2 is 1.79 bits per heavy atom. The zero-order valence-electron chi connectivity index (χ0n) is 21.1. The lowest BCUT2D eigenvalue weighted by Crippen LogP contribution is -2.55. The highest BCUT2D eigenvalue weighted by atomic mass is 16.7. The minimum Gasteiger partial charge on any atom is -0.444 e. The lowest BCUT2D eigenvalue weighted by molar-refractivity contribution is -0.123. The molecule has 186 valence electrons. The number of alkyl carbamates (subject to hydrolysis) is 1. The van der Waals surface area contributed by atoms with E-state index in [0.717, 1.165) is 24.3 Å². The average molecular weight is 470 g/mol. The highest BCUT2D eigenvalue weighted by Gasteiger charge is 2.55. The number of benzene rings is 1. The van der Waals surface area contributed by atoms with E-state index < -0.39 is 24.9 Å². The minimum atomic E-state index is -0.775. The molecule has 0 aromatic heterocycles. The van der Waals surface area contributed by atoms with Gasteiger partial charge in [-0.25, -0.2) is 4.79 Å². The zero-order chi connectivity index (χ0) is 24.5. The molecule has 2 amide bonds. The number of amides is 2. The van der Waals surface area contributed by atoms with Crippen LogP contribution in [0.25, 0.3) is 0 Å². The molecule has 1 aromatic carbocycles. The van der Waals surface area contributed by atoms with Crippen molar-refractivity contribution in [3.63, 3.8) is 0 Å². The van der Waals surface area contributed by atoms with E-state index in [0.29, 0.717) is 18.3 Å². The Balaban J connectivity index is 1.45. The van der Waals surface area contributed by atoms with E-state index in [9.17, 15) is 9.59 Å². The van der Waals surface area contributed by atoms with Gasteiger partial charge in [-0.05, 0) is 69.8 Å². The Morgan fingerprint density at radius 1 is 1.09 bits per heavy atom. The van der Waals surface area contributed by atoms with Gasteiger partial charge < -0.3 is 24.7 Å². The molecule has 34 heavy (non-hydrogen) atoms. The minimum absolute atomic E-state index is 0.133. The highest BCUT2D eigenvalue weighted by molar-refractivity contribution is 6.47. The van der Waals surface area contributed by atoms with Crippen molar-refractivity contribution in [2.75, 3.05) is 0 Å². The van der Waals surface area contributed by atoms with Crippen molar-refractivity contribution in [2.24, 2.45) is 17.8 Å². The summed E-state index contributed by atoms with van der Waals surface area (Å²) in [6.07, 6.45) is 4.28. The van der Waals surface area contributed by atoms with Gasteiger partial charge in [0.25, 0.3) is 0 Å². The second-order valence-corrected chi connectivity index (χ2v) is 11.6. The van der Waals surface area contributed by atoms with Crippen LogP contribution in [0, 0.1) is 17.8 Å². The Morgan fingerprint density at radius 3 is 2.41 bits per heavy atom. The Labute approximate surface area is 203 Å². The summed E-state index contributed by atoms with van der Waals surface area (Å²) in [4.78, 5) is 26.0. The summed E-state index contributed by atoms with van der Waals surface area (Å²) in [6.45, 7) is 9.65. The summed E-state index contributed by atoms with van der Waals surface area (Å²) < 4.78 is 18.1. The van der Waals surface area contributed by atoms with Crippen molar-refractivity contribution in [1.82, 2.24) is 10.6 Å². The van der Waals surface area contributed by atoms with Crippen molar-refractivity contribution >= 4 is 19.1 Å². The van der Waals surface area contributed by atoms with E-state index in [2.05, 4.69) is 24.5 Å². The fraction of sp³-hybridized carbons (Fsp3) is 0.692. The number of carbonyl (C=O) groups excluding carboxylic acids is 2. The lowest BCUT2D eigenvalue weighted by atomic mass is 9.63. The third kappa shape index (κ3) is 6.33. The molecule has 4 fully saturated rings. The normalized spacial score (nSPS) is 27.4. The van der Waals surface area contributed by atoms with Crippen LogP contribution in [0.3, 0.4) is 0 Å². The van der Waals surface area contributed by atoms with Crippen molar-refractivity contribution in [1.29, 1.82) is 0 Å². The predicted molar refractivity (Wildman–Crippen MR) is 131 cm³/mol. The lowest BCUT2D eigenvalue weighted by Gasteiger charge is -2.47. The Kier molecular flexibility index (Phi) is 7.58. The SMILES string of the molecule is CC(C)C[C@H](NC(=O)[C@H](Cc1ccccc1)NC(=O)OC(C)(C)C)B1OC2CC3CC(C3)[C@@H]2O1. The molecule has 3 aliphatic carbocycles. The monoisotopic (exact) mass is 470 g/mol. The number of hydrogen-bond donors (Lipinski definition) is 2. The smallest absolute Gasteiger partial charge is 0.444 e. The van der Waals surface area contributed by atoms with Gasteiger partial charge in [0.1, 0.15) is 11.6 Å². The van der Waals surface area contributed by atoms with Gasteiger partial charge in [-0.1, -0.05) is 44.2 Å². The molecule has 1 unspecified atom stereocenters. The molecular weight excluding hydrogens is 431 g/mol. The van der Waals surface area contributed by atoms with Crippen LogP contribution in [0.4, 0.5) is 4.79 Å². The zero-order valence-corrected chi connectivity index (χ0v) is 21.1. The summed E-state index contributed by atoms with van der Waals surface area (Å²) >= 11 is 0. The van der Waals surface area contributed by atoms with E-state index in [1.54, 1.807) is 20.8 Å². The van der Waals surface area contributed by atoms with Crippen LogP contribution in [-0.2, 0) is 25.3 Å². The molecule has 4 aliphatic rings. The van der Waals surface area contributed by atoms with E-state index in [4.69, 9.17) is 14.0 Å². The predicted octanol–water partition coefficient (Wildman–Crippen LogP) is 3.89. The molecule has 1 heterocycles. The van der Waals surface area contributed by atoms with Crippen LogP contribution in [0.2, 0.25) is 0 Å². The molecule has 1 aliphatic heterocycles. The molecule has 8 heteroatoms.